The van der Waals surface area contributed by atoms with E-state index in [1.165, 1.54) is 6.08 Å². The maximum Gasteiger partial charge on any atom is 0.282 e. The molecule has 0 aromatic heterocycles. The van der Waals surface area contributed by atoms with Crippen LogP contribution in [0.1, 0.15) is 0 Å². The molecule has 0 saturated heterocycles. The second kappa shape index (κ2) is 7.09. The van der Waals surface area contributed by atoms with E-state index in [4.69, 9.17) is 16.9 Å². The summed E-state index contributed by atoms with van der Waals surface area (Å²) in [4.78, 5) is 11.5. The summed E-state index contributed by atoms with van der Waals surface area (Å²) in [5, 5.41) is 15.4. The summed E-state index contributed by atoms with van der Waals surface area (Å²) in [6.45, 7) is 3.72. The Bertz CT molecular complexity index is 519. The number of hydrazone groups is 1. The summed E-state index contributed by atoms with van der Waals surface area (Å²) in [5.41, 5.74) is 2.80. The van der Waals surface area contributed by atoms with Crippen LogP contribution in [0.5, 0.6) is 0 Å². The molecule has 0 spiro atoms. The van der Waals surface area contributed by atoms with Crippen LogP contribution < -0.4 is 10.7 Å². The third-order valence-corrected chi connectivity index (χ3v) is 2.22. The molecular formula is C12H11ClN4O. The Hall–Kier alpha value is -2.32. The fraction of sp³-hybridized carbons (Fsp3) is 0.0833. The Morgan fingerprint density at radius 1 is 1.56 bits per heavy atom. The first-order chi connectivity index (χ1) is 8.69. The van der Waals surface area contributed by atoms with E-state index in [0.29, 0.717) is 10.7 Å². The largest absolute Gasteiger partial charge is 0.347 e. The molecule has 92 valence electrons. The second-order valence-corrected chi connectivity index (χ2v) is 3.57. The zero-order valence-corrected chi connectivity index (χ0v) is 10.2. The fourth-order valence-corrected chi connectivity index (χ4v) is 1.22. The number of para-hydroxylation sites is 1. The molecule has 1 aromatic carbocycles. The first kappa shape index (κ1) is 13.7. The van der Waals surface area contributed by atoms with Crippen molar-refractivity contribution in [1.29, 1.82) is 5.26 Å². The van der Waals surface area contributed by atoms with Crippen LogP contribution in [0.2, 0.25) is 5.02 Å². The molecule has 0 aliphatic rings. The number of hydrogen-bond donors (Lipinski definition) is 2. The molecule has 1 rings (SSSR count). The lowest BCUT2D eigenvalue weighted by Crippen LogP contribution is -2.30. The number of anilines is 1. The smallest absolute Gasteiger partial charge is 0.282 e. The third kappa shape index (κ3) is 3.92. The van der Waals surface area contributed by atoms with Gasteiger partial charge < -0.3 is 5.32 Å². The number of amides is 1. The SMILES string of the molecule is C=CCNC(=O)/C(C#N)=N/Nc1ccccc1Cl. The van der Waals surface area contributed by atoms with Crippen LogP contribution in [0.3, 0.4) is 0 Å². The number of benzene rings is 1. The zero-order valence-electron chi connectivity index (χ0n) is 9.48. The molecule has 18 heavy (non-hydrogen) atoms. The van der Waals surface area contributed by atoms with Crippen LogP contribution in [0.15, 0.2) is 42.0 Å². The first-order valence-corrected chi connectivity index (χ1v) is 5.44. The van der Waals surface area contributed by atoms with Crippen LogP contribution in [-0.4, -0.2) is 18.2 Å². The highest BCUT2D eigenvalue weighted by Gasteiger charge is 2.09. The van der Waals surface area contributed by atoms with E-state index >= 15 is 0 Å². The molecule has 0 fully saturated rings. The molecule has 0 atom stereocenters. The van der Waals surface area contributed by atoms with E-state index in [0.717, 1.165) is 0 Å². The highest BCUT2D eigenvalue weighted by molar-refractivity contribution is 6.45. The van der Waals surface area contributed by atoms with E-state index in [2.05, 4.69) is 22.4 Å². The van der Waals surface area contributed by atoms with Gasteiger partial charge in [0.15, 0.2) is 0 Å². The lowest BCUT2D eigenvalue weighted by molar-refractivity contribution is -0.114. The normalized spacial score (nSPS) is 10.3. The Morgan fingerprint density at radius 3 is 2.89 bits per heavy atom. The van der Waals surface area contributed by atoms with Crippen molar-refractivity contribution in [2.75, 3.05) is 12.0 Å². The fourth-order valence-electron chi connectivity index (χ4n) is 1.04. The Balaban J connectivity index is 2.75. The molecule has 0 bridgehead atoms. The maximum absolute atomic E-state index is 11.5. The summed E-state index contributed by atoms with van der Waals surface area (Å²) in [7, 11) is 0. The van der Waals surface area contributed by atoms with Crippen LogP contribution in [-0.2, 0) is 4.79 Å². The van der Waals surface area contributed by atoms with Gasteiger partial charge in [-0.25, -0.2) is 0 Å². The van der Waals surface area contributed by atoms with Crippen LogP contribution in [0.4, 0.5) is 5.69 Å². The van der Waals surface area contributed by atoms with Crippen LogP contribution in [0, 0.1) is 11.3 Å². The van der Waals surface area contributed by atoms with Gasteiger partial charge in [0.25, 0.3) is 5.91 Å². The summed E-state index contributed by atoms with van der Waals surface area (Å²) < 4.78 is 0. The van der Waals surface area contributed by atoms with Crippen molar-refractivity contribution in [3.05, 3.63) is 41.9 Å². The number of halogens is 1. The lowest BCUT2D eigenvalue weighted by Gasteiger charge is -2.03. The van der Waals surface area contributed by atoms with Gasteiger partial charge in [-0.15, -0.1) is 6.58 Å². The molecular weight excluding hydrogens is 252 g/mol. The van der Waals surface area contributed by atoms with Gasteiger partial charge in [-0.3, -0.25) is 10.2 Å². The summed E-state index contributed by atoms with van der Waals surface area (Å²) in [6, 6.07) is 8.57. The van der Waals surface area contributed by atoms with E-state index in [1.54, 1.807) is 30.3 Å². The Kier molecular flexibility index (Phi) is 5.42. The topological polar surface area (TPSA) is 77.3 Å². The molecule has 0 saturated carbocycles. The van der Waals surface area contributed by atoms with Crippen LogP contribution >= 0.6 is 11.6 Å². The van der Waals surface area contributed by atoms with Gasteiger partial charge in [-0.05, 0) is 12.1 Å². The predicted molar refractivity (Wildman–Crippen MR) is 71.3 cm³/mol. The quantitative estimate of drug-likeness (QED) is 0.484. The van der Waals surface area contributed by atoms with E-state index in [9.17, 15) is 4.79 Å². The lowest BCUT2D eigenvalue weighted by atomic mass is 10.3. The molecule has 0 heterocycles. The molecule has 2 N–H and O–H groups in total. The van der Waals surface area contributed by atoms with Gasteiger partial charge in [0.05, 0.1) is 10.7 Å². The highest BCUT2D eigenvalue weighted by atomic mass is 35.5. The Labute approximate surface area is 110 Å². The minimum Gasteiger partial charge on any atom is -0.347 e. The van der Waals surface area contributed by atoms with Gasteiger partial charge in [-0.1, -0.05) is 29.8 Å². The van der Waals surface area contributed by atoms with Crippen molar-refractivity contribution >= 4 is 28.9 Å². The number of nitriles is 1. The zero-order chi connectivity index (χ0) is 13.4. The Morgan fingerprint density at radius 2 is 2.28 bits per heavy atom. The third-order valence-electron chi connectivity index (χ3n) is 1.89. The second-order valence-electron chi connectivity index (χ2n) is 3.16. The molecule has 1 amide bonds. The van der Waals surface area contributed by atoms with Gasteiger partial charge >= 0.3 is 0 Å². The van der Waals surface area contributed by atoms with Gasteiger partial charge in [0.1, 0.15) is 6.07 Å². The molecule has 0 aliphatic carbocycles. The molecule has 0 radical (unpaired) electrons. The van der Waals surface area contributed by atoms with Crippen molar-refractivity contribution in [2.45, 2.75) is 0 Å². The van der Waals surface area contributed by atoms with Crippen molar-refractivity contribution in [3.8, 4) is 6.07 Å². The van der Waals surface area contributed by atoms with Gasteiger partial charge in [-0.2, -0.15) is 10.4 Å². The minimum absolute atomic E-state index is 0.269. The monoisotopic (exact) mass is 262 g/mol. The molecule has 5 nitrogen and oxygen atoms in total. The maximum atomic E-state index is 11.5. The molecule has 0 aliphatic heterocycles. The first-order valence-electron chi connectivity index (χ1n) is 5.06. The number of carbonyl (C=O) groups is 1. The molecule has 6 heteroatoms. The summed E-state index contributed by atoms with van der Waals surface area (Å²) in [6.07, 6.45) is 1.51. The number of nitrogens with one attached hydrogen (secondary N) is 2. The van der Waals surface area contributed by atoms with E-state index in [1.807, 2.05) is 0 Å². The van der Waals surface area contributed by atoms with E-state index in [-0.39, 0.29) is 12.3 Å². The highest BCUT2D eigenvalue weighted by Crippen LogP contribution is 2.20. The number of rotatable bonds is 5. The standard InChI is InChI=1S/C12H11ClN4O/c1-2-7-15-12(18)11(8-14)17-16-10-6-4-3-5-9(10)13/h2-6,16H,1,7H2,(H,15,18)/b17-11+. The number of nitrogens with zero attached hydrogens (tertiary/aromatic N) is 2. The molecule has 0 unspecified atom stereocenters. The number of hydrogen-bond acceptors (Lipinski definition) is 4. The van der Waals surface area contributed by atoms with Gasteiger partial charge in [0, 0.05) is 6.54 Å². The summed E-state index contributed by atoms with van der Waals surface area (Å²) >= 11 is 5.89. The minimum atomic E-state index is -0.572. The summed E-state index contributed by atoms with van der Waals surface area (Å²) in [5.74, 6) is -0.572. The van der Waals surface area contributed by atoms with Crippen molar-refractivity contribution in [3.63, 3.8) is 0 Å². The van der Waals surface area contributed by atoms with E-state index < -0.39 is 5.91 Å². The van der Waals surface area contributed by atoms with Crippen molar-refractivity contribution in [1.82, 2.24) is 5.32 Å². The van der Waals surface area contributed by atoms with Crippen molar-refractivity contribution in [2.24, 2.45) is 5.10 Å². The number of carbonyl (C=O) groups excluding carboxylic acids is 1. The van der Waals surface area contributed by atoms with Gasteiger partial charge in [0.2, 0.25) is 5.71 Å². The average molecular weight is 263 g/mol. The van der Waals surface area contributed by atoms with Crippen molar-refractivity contribution < 1.29 is 4.79 Å². The average Bonchev–Trinajstić information content (AvgIpc) is 2.39. The molecule has 1 aromatic rings. The predicted octanol–water partition coefficient (Wildman–Crippen LogP) is 1.93. The van der Waals surface area contributed by atoms with Crippen LogP contribution in [0.25, 0.3) is 0 Å².